The van der Waals surface area contributed by atoms with E-state index in [4.69, 9.17) is 30.7 Å². The summed E-state index contributed by atoms with van der Waals surface area (Å²) in [6.45, 7) is 30.2. The van der Waals surface area contributed by atoms with Crippen LogP contribution < -0.4 is 20.4 Å². The average molecular weight is 1590 g/mol. The number of Topliss-reactive ketones (excluding diaryl/α,β-unsaturated/α-hetero) is 2. The van der Waals surface area contributed by atoms with E-state index >= 15 is 0 Å². The predicted octanol–water partition coefficient (Wildman–Crippen LogP) is 14.1. The third-order valence-electron chi connectivity index (χ3n) is 17.4. The number of benzene rings is 2. The number of aromatic nitrogens is 4. The molecule has 11 rings (SSSR count). The summed E-state index contributed by atoms with van der Waals surface area (Å²) in [6, 6.07) is 27.5. The van der Waals surface area contributed by atoms with Gasteiger partial charge in [0.05, 0.1) is 17.1 Å². The van der Waals surface area contributed by atoms with Gasteiger partial charge in [-0.1, -0.05) is 92.1 Å². The molecule has 0 unspecified atom stereocenters. The summed E-state index contributed by atoms with van der Waals surface area (Å²) >= 11 is 5.76. The summed E-state index contributed by atoms with van der Waals surface area (Å²) in [5.74, 6) is 1.55. The Hall–Kier alpha value is -8.46. The van der Waals surface area contributed by atoms with Crippen LogP contribution in [0.1, 0.15) is 190 Å². The van der Waals surface area contributed by atoms with Crippen LogP contribution in [0.25, 0.3) is 0 Å². The molecule has 24 heteroatoms. The fourth-order valence-corrected chi connectivity index (χ4v) is 12.2. The zero-order valence-corrected chi connectivity index (χ0v) is 65.6. The van der Waals surface area contributed by atoms with E-state index in [9.17, 15) is 28.8 Å². The third kappa shape index (κ3) is 21.8. The van der Waals surface area contributed by atoms with Gasteiger partial charge < -0.3 is 47.0 Å². The maximum Gasteiger partial charge on any atom is 0.410 e. The first kappa shape index (κ1) is 82.5. The molecule has 9 heterocycles. The van der Waals surface area contributed by atoms with Crippen molar-refractivity contribution in [2.45, 2.75) is 202 Å². The Morgan fingerprint density at radius 3 is 1.45 bits per heavy atom. The number of ether oxygens (including phenoxy) is 2. The molecule has 4 amide bonds. The van der Waals surface area contributed by atoms with Crippen LogP contribution in [0.3, 0.4) is 0 Å². The molecule has 22 nitrogen and oxygen atoms in total. The van der Waals surface area contributed by atoms with Crippen LogP contribution in [0.15, 0.2) is 132 Å². The Balaban J connectivity index is 0.000000230. The van der Waals surface area contributed by atoms with Crippen molar-refractivity contribution in [3.63, 3.8) is 0 Å². The van der Waals surface area contributed by atoms with E-state index in [1.165, 1.54) is 5.56 Å². The fourth-order valence-electron chi connectivity index (χ4n) is 12.0. The van der Waals surface area contributed by atoms with Crippen LogP contribution >= 0.6 is 11.6 Å². The van der Waals surface area contributed by atoms with Crippen LogP contribution in [0.5, 0.6) is 0 Å². The zero-order valence-electron chi connectivity index (χ0n) is 61.9. The number of oxime groups is 2. The number of hydrogen-bond acceptors (Lipinski definition) is 18. The van der Waals surface area contributed by atoms with Gasteiger partial charge in [-0.3, -0.25) is 34.0 Å². The van der Waals surface area contributed by atoms with Crippen LogP contribution in [-0.2, 0) is 75.5 Å². The first-order chi connectivity index (χ1) is 47.6. The number of halogens is 1. The van der Waals surface area contributed by atoms with Gasteiger partial charge in [0.15, 0.2) is 22.6 Å². The van der Waals surface area contributed by atoms with Gasteiger partial charge in [0.2, 0.25) is 11.6 Å². The molecule has 6 aromatic rings. The van der Waals surface area contributed by atoms with E-state index < -0.39 is 22.4 Å². The average Bonchev–Trinajstić information content (AvgIpc) is 1.41. The van der Waals surface area contributed by atoms with Gasteiger partial charge in [0, 0.05) is 113 Å². The SMILES string of the molecule is CCc1cccnc1N(C(=O)c1ccc(C2=NOC(C)(C)C2=O)cc1)[C@@H]1CCCN(C(=O)OC(C)(C)C)C1.CCc1cccnc1N(C(=O)c1ccc(C2=NOC(C)(C)C2=O)cc1)[C@@H]1CCCNC1.CCc1cccnc1N[C@@H]1CCCN(C(=O)OC(C)(C)C)C1.CCc1ccncc1Cl.[CH3-].[W]. The van der Waals surface area contributed by atoms with Gasteiger partial charge in [0.25, 0.3) is 11.8 Å². The number of anilines is 3. The first-order valence-electron chi connectivity index (χ1n) is 34.9. The second kappa shape index (κ2) is 37.1. The number of amides is 4. The number of ketones is 2. The summed E-state index contributed by atoms with van der Waals surface area (Å²) in [5, 5.41) is 15.6. The van der Waals surface area contributed by atoms with E-state index in [2.05, 4.69) is 67.7 Å². The molecule has 3 atom stereocenters. The number of pyridine rings is 4. The van der Waals surface area contributed by atoms with Gasteiger partial charge in [-0.2, -0.15) is 0 Å². The molecule has 0 spiro atoms. The van der Waals surface area contributed by atoms with Gasteiger partial charge in [0.1, 0.15) is 28.7 Å². The number of nitrogens with one attached hydrogen (secondary N) is 2. The quantitative estimate of drug-likeness (QED) is 0.0962. The zero-order chi connectivity index (χ0) is 72.5. The van der Waals surface area contributed by atoms with Gasteiger partial charge in [-0.15, -0.1) is 0 Å². The Labute approximate surface area is 621 Å². The molecule has 5 aliphatic heterocycles. The summed E-state index contributed by atoms with van der Waals surface area (Å²) in [6.07, 6.45) is 16.9. The Kier molecular flexibility index (Phi) is 30.0. The number of hydrogen-bond donors (Lipinski definition) is 2. The number of aryl methyl sites for hydroxylation is 4. The molecule has 0 saturated carbocycles. The maximum absolute atomic E-state index is 14.0. The Morgan fingerprint density at radius 1 is 0.588 bits per heavy atom. The van der Waals surface area contributed by atoms with Crippen LogP contribution in [0, 0.1) is 7.43 Å². The molecule has 4 aromatic heterocycles. The van der Waals surface area contributed by atoms with Gasteiger partial charge >= 0.3 is 12.2 Å². The molecule has 0 bridgehead atoms. The standard InChI is InChI=1S/C29H36N4O5.C24H28N4O3.C17H27N3O2.C7H8ClN.CH3.W/c1-7-19-10-8-16-30-25(19)33(22-11-9-17-32(18-22)27(36)37-28(2,3)4)26(35)21-14-12-20(13-15-21)23-24(34)29(5,6)38-31-23;1-4-16-7-5-14-26-22(16)28(19-8-6-13-25-15-19)23(30)18-11-9-17(10-12-18)20-21(29)24(2,3)31-27-20;1-5-13-8-6-10-18-15(13)19-14-9-7-11-20(12-14)16(21)22-17(2,3)4;1-2-6-3-4-9-5-7(6)8;;/h8,10,12-16,22H,7,9,11,17-18H2,1-6H3;5,7,9-12,14,19,25H,4,6,8,13,15H2,1-3H3;6,8,10,14H,5,7,9,11-12H2,1-4H3,(H,18,19);3-5H,2H2,1H3;1H3;/q;;;;-1;/t22-;19-;14-;;;/m111.../s1. The predicted molar refractivity (Wildman–Crippen MR) is 397 cm³/mol. The summed E-state index contributed by atoms with van der Waals surface area (Å²) in [5.41, 5.74) is 4.09. The minimum atomic E-state index is -1.00. The van der Waals surface area contributed by atoms with Crippen molar-refractivity contribution in [3.05, 3.63) is 179 Å². The summed E-state index contributed by atoms with van der Waals surface area (Å²) < 4.78 is 11.1. The van der Waals surface area contributed by atoms with Crippen molar-refractivity contribution in [1.29, 1.82) is 0 Å². The van der Waals surface area contributed by atoms with Crippen molar-refractivity contribution in [1.82, 2.24) is 35.1 Å². The minimum absolute atomic E-state index is 0. The topological polar surface area (TPSA) is 253 Å². The second-order valence-electron chi connectivity index (χ2n) is 28.2. The maximum atomic E-state index is 14.0. The third-order valence-corrected chi connectivity index (χ3v) is 17.8. The Bertz CT molecular complexity index is 3890. The molecule has 3 saturated heterocycles. The first-order valence-corrected chi connectivity index (χ1v) is 35.3. The van der Waals surface area contributed by atoms with Crippen molar-refractivity contribution in [3.8, 4) is 0 Å². The molecular weight excluding hydrogens is 1480 g/mol. The van der Waals surface area contributed by atoms with E-state index in [0.29, 0.717) is 54.1 Å². The summed E-state index contributed by atoms with van der Waals surface area (Å²) in [7, 11) is 0. The van der Waals surface area contributed by atoms with E-state index in [-0.39, 0.29) is 93.6 Å². The Morgan fingerprint density at radius 2 is 1.03 bits per heavy atom. The molecule has 5 aliphatic rings. The largest absolute Gasteiger partial charge is 0.444 e. The van der Waals surface area contributed by atoms with Crippen molar-refractivity contribution >= 4 is 76.0 Å². The van der Waals surface area contributed by atoms with Gasteiger partial charge in [-0.05, 0) is 211 Å². The number of piperidine rings is 3. The smallest absolute Gasteiger partial charge is 0.410 e. The molecule has 548 valence electrons. The molecule has 2 aromatic carbocycles. The van der Waals surface area contributed by atoms with Crippen molar-refractivity contribution in [2.75, 3.05) is 54.4 Å². The molecule has 0 radical (unpaired) electrons. The molecule has 2 N–H and O–H groups in total. The monoisotopic (exact) mass is 1590 g/mol. The second-order valence-corrected chi connectivity index (χ2v) is 28.7. The molecule has 102 heavy (non-hydrogen) atoms. The fraction of sp³-hybridized carbons (Fsp3) is 0.474. The number of nitrogens with zero attached hydrogens (tertiary/aromatic N) is 10. The van der Waals surface area contributed by atoms with Crippen LogP contribution in [0.2, 0.25) is 5.02 Å². The summed E-state index contributed by atoms with van der Waals surface area (Å²) in [4.78, 5) is 113. The molecule has 3 fully saturated rings. The number of rotatable bonds is 14. The minimum Gasteiger partial charge on any atom is -0.444 e. The van der Waals surface area contributed by atoms with Gasteiger partial charge in [-0.25, -0.2) is 24.5 Å². The molecule has 0 aliphatic carbocycles. The van der Waals surface area contributed by atoms with Crippen molar-refractivity contribution in [2.24, 2.45) is 10.3 Å². The van der Waals surface area contributed by atoms with E-state index in [0.717, 1.165) is 111 Å². The van der Waals surface area contributed by atoms with E-state index in [1.54, 1.807) is 122 Å². The van der Waals surface area contributed by atoms with Crippen LogP contribution in [-0.4, -0.2) is 157 Å². The van der Waals surface area contributed by atoms with Crippen molar-refractivity contribution < 1.29 is 69.0 Å². The molecular formula is C78H102ClN12O10W-. The number of carbonyl (C=O) groups is 6. The van der Waals surface area contributed by atoms with Crippen LogP contribution in [0.4, 0.5) is 27.0 Å². The number of carbonyl (C=O) groups excluding carboxylic acids is 6. The number of likely N-dealkylation sites (tertiary alicyclic amines) is 2. The normalized spacial score (nSPS) is 18.1. The van der Waals surface area contributed by atoms with E-state index in [1.807, 2.05) is 89.8 Å².